The Kier molecular flexibility index (Phi) is 4.55. The van der Waals surface area contributed by atoms with Crippen LogP contribution in [-0.4, -0.2) is 12.4 Å². The number of hydrogen-bond donors (Lipinski definition) is 2. The lowest BCUT2D eigenvalue weighted by atomic mass is 10.3. The molecule has 0 aliphatic rings. The van der Waals surface area contributed by atoms with Gasteiger partial charge in [-0.25, -0.2) is 4.39 Å². The highest BCUT2D eigenvalue weighted by Gasteiger charge is 2.02. The number of halogens is 2. The van der Waals surface area contributed by atoms with E-state index < -0.39 is 0 Å². The predicted octanol–water partition coefficient (Wildman–Crippen LogP) is 2.68. The second kappa shape index (κ2) is 5.70. The second-order valence-electron chi connectivity index (χ2n) is 3.05. The first kappa shape index (κ1) is 12.0. The largest absolute Gasteiger partial charge is 0.492 e. The zero-order valence-corrected chi connectivity index (χ0v) is 9.68. The van der Waals surface area contributed by atoms with Crippen molar-refractivity contribution in [3.8, 4) is 5.75 Å². The summed E-state index contributed by atoms with van der Waals surface area (Å²) in [6, 6.07) is 4.25. The van der Waals surface area contributed by atoms with Gasteiger partial charge in [-0.15, -0.1) is 0 Å². The lowest BCUT2D eigenvalue weighted by Gasteiger charge is -2.07. The summed E-state index contributed by atoms with van der Waals surface area (Å²) in [6.07, 6.45) is 1.19. The summed E-state index contributed by atoms with van der Waals surface area (Å²) in [4.78, 5) is 0. The van der Waals surface area contributed by atoms with E-state index in [9.17, 15) is 4.39 Å². The van der Waals surface area contributed by atoms with Gasteiger partial charge in [0.1, 0.15) is 11.6 Å². The molecule has 0 fully saturated rings. The van der Waals surface area contributed by atoms with Gasteiger partial charge >= 0.3 is 0 Å². The van der Waals surface area contributed by atoms with Crippen molar-refractivity contribution in [2.24, 2.45) is 5.73 Å². The minimum absolute atomic E-state index is 0.150. The Labute approximate surface area is 96.1 Å². The standard InChI is InChI=1S/C10H12BrFN2O/c11-8-6-7(12)3-4-9(8)15-5-1-2-10(13)14/h3-4,6H,1-2,5H2,(H3,13,14). The van der Waals surface area contributed by atoms with Crippen LogP contribution in [0, 0.1) is 11.2 Å². The highest BCUT2D eigenvalue weighted by atomic mass is 79.9. The fourth-order valence-electron chi connectivity index (χ4n) is 1.04. The average molecular weight is 275 g/mol. The minimum Gasteiger partial charge on any atom is -0.492 e. The van der Waals surface area contributed by atoms with E-state index in [1.807, 2.05) is 0 Å². The summed E-state index contributed by atoms with van der Waals surface area (Å²) in [7, 11) is 0. The smallest absolute Gasteiger partial charge is 0.133 e. The van der Waals surface area contributed by atoms with Gasteiger partial charge in [0.05, 0.1) is 16.9 Å². The summed E-state index contributed by atoms with van der Waals surface area (Å²) < 4.78 is 18.7. The zero-order valence-electron chi connectivity index (χ0n) is 8.09. The average Bonchev–Trinajstić information content (AvgIpc) is 2.14. The van der Waals surface area contributed by atoms with Crippen molar-refractivity contribution in [1.82, 2.24) is 0 Å². The summed E-state index contributed by atoms with van der Waals surface area (Å²) in [5.41, 5.74) is 5.19. The molecule has 1 aromatic rings. The van der Waals surface area contributed by atoms with Crippen LogP contribution in [0.5, 0.6) is 5.75 Å². The first-order valence-electron chi connectivity index (χ1n) is 4.50. The molecule has 5 heteroatoms. The third-order valence-electron chi connectivity index (χ3n) is 1.74. The Morgan fingerprint density at radius 3 is 2.87 bits per heavy atom. The molecule has 3 N–H and O–H groups in total. The summed E-state index contributed by atoms with van der Waals surface area (Å²) in [6.45, 7) is 0.462. The van der Waals surface area contributed by atoms with Gasteiger partial charge in [-0.1, -0.05) is 0 Å². The fraction of sp³-hybridized carbons (Fsp3) is 0.300. The van der Waals surface area contributed by atoms with Gasteiger partial charge in [0.25, 0.3) is 0 Å². The first-order valence-corrected chi connectivity index (χ1v) is 5.29. The molecule has 0 aliphatic carbocycles. The van der Waals surface area contributed by atoms with Gasteiger partial charge in [0, 0.05) is 6.42 Å². The molecule has 0 amide bonds. The third-order valence-corrected chi connectivity index (χ3v) is 2.36. The summed E-state index contributed by atoms with van der Waals surface area (Å²) in [5, 5.41) is 7.01. The Morgan fingerprint density at radius 2 is 2.27 bits per heavy atom. The van der Waals surface area contributed by atoms with E-state index in [2.05, 4.69) is 15.9 Å². The van der Waals surface area contributed by atoms with Crippen molar-refractivity contribution >= 4 is 21.8 Å². The molecule has 3 nitrogen and oxygen atoms in total. The summed E-state index contributed by atoms with van der Waals surface area (Å²) >= 11 is 3.20. The maximum Gasteiger partial charge on any atom is 0.133 e. The van der Waals surface area contributed by atoms with Crippen LogP contribution < -0.4 is 10.5 Å². The molecule has 1 aromatic carbocycles. The Morgan fingerprint density at radius 1 is 1.53 bits per heavy atom. The van der Waals surface area contributed by atoms with Crippen molar-refractivity contribution < 1.29 is 9.13 Å². The summed E-state index contributed by atoms with van der Waals surface area (Å²) in [5.74, 6) is 0.440. The van der Waals surface area contributed by atoms with E-state index in [-0.39, 0.29) is 11.7 Å². The van der Waals surface area contributed by atoms with Crippen LogP contribution in [0.3, 0.4) is 0 Å². The van der Waals surface area contributed by atoms with Gasteiger partial charge in [0.15, 0.2) is 0 Å². The fourth-order valence-corrected chi connectivity index (χ4v) is 1.50. The van der Waals surface area contributed by atoms with Crippen molar-refractivity contribution in [2.75, 3.05) is 6.61 Å². The van der Waals surface area contributed by atoms with E-state index in [1.165, 1.54) is 12.1 Å². The van der Waals surface area contributed by atoms with Crippen molar-refractivity contribution in [1.29, 1.82) is 5.41 Å². The van der Waals surface area contributed by atoms with Gasteiger partial charge in [-0.3, -0.25) is 5.41 Å². The van der Waals surface area contributed by atoms with Crippen molar-refractivity contribution in [3.63, 3.8) is 0 Å². The number of amidine groups is 1. The van der Waals surface area contributed by atoms with E-state index in [4.69, 9.17) is 15.9 Å². The first-order chi connectivity index (χ1) is 7.09. The van der Waals surface area contributed by atoms with Crippen LogP contribution in [0.2, 0.25) is 0 Å². The lowest BCUT2D eigenvalue weighted by Crippen LogP contribution is -2.11. The lowest BCUT2D eigenvalue weighted by molar-refractivity contribution is 0.311. The molecule has 0 spiro atoms. The number of nitrogens with two attached hydrogens (primary N) is 1. The molecule has 0 atom stereocenters. The van der Waals surface area contributed by atoms with Gasteiger partial charge in [0.2, 0.25) is 0 Å². The van der Waals surface area contributed by atoms with Crippen LogP contribution in [0.1, 0.15) is 12.8 Å². The normalized spacial score (nSPS) is 10.0. The second-order valence-corrected chi connectivity index (χ2v) is 3.91. The van der Waals surface area contributed by atoms with Crippen LogP contribution >= 0.6 is 15.9 Å². The molecule has 82 valence electrons. The predicted molar refractivity (Wildman–Crippen MR) is 60.7 cm³/mol. The molecule has 0 bridgehead atoms. The van der Waals surface area contributed by atoms with Crippen LogP contribution in [0.15, 0.2) is 22.7 Å². The molecular formula is C10H12BrFN2O. The van der Waals surface area contributed by atoms with E-state index in [1.54, 1.807) is 6.07 Å². The Hall–Kier alpha value is -1.10. The maximum atomic E-state index is 12.7. The minimum atomic E-state index is -0.307. The molecule has 0 heterocycles. The maximum absolute atomic E-state index is 12.7. The SMILES string of the molecule is N=C(N)CCCOc1ccc(F)cc1Br. The van der Waals surface area contributed by atoms with E-state index in [0.29, 0.717) is 29.7 Å². The van der Waals surface area contributed by atoms with E-state index >= 15 is 0 Å². The number of ether oxygens (including phenoxy) is 1. The Bertz CT molecular complexity index is 357. The monoisotopic (exact) mass is 274 g/mol. The number of hydrogen-bond acceptors (Lipinski definition) is 2. The van der Waals surface area contributed by atoms with Crippen LogP contribution in [0.25, 0.3) is 0 Å². The molecule has 0 saturated heterocycles. The van der Waals surface area contributed by atoms with Crippen molar-refractivity contribution in [3.05, 3.63) is 28.5 Å². The molecule has 0 unspecified atom stereocenters. The molecule has 0 aliphatic heterocycles. The Balaban J connectivity index is 2.40. The zero-order chi connectivity index (χ0) is 11.3. The topological polar surface area (TPSA) is 59.1 Å². The molecule has 0 radical (unpaired) electrons. The third kappa shape index (κ3) is 4.29. The number of rotatable bonds is 5. The number of benzene rings is 1. The molecule has 15 heavy (non-hydrogen) atoms. The molecular weight excluding hydrogens is 263 g/mol. The molecule has 0 aromatic heterocycles. The van der Waals surface area contributed by atoms with Gasteiger partial charge < -0.3 is 10.5 Å². The highest BCUT2D eigenvalue weighted by molar-refractivity contribution is 9.10. The highest BCUT2D eigenvalue weighted by Crippen LogP contribution is 2.25. The number of nitrogens with one attached hydrogen (secondary N) is 1. The van der Waals surface area contributed by atoms with Gasteiger partial charge in [-0.05, 0) is 40.5 Å². The van der Waals surface area contributed by atoms with Gasteiger partial charge in [-0.2, -0.15) is 0 Å². The van der Waals surface area contributed by atoms with Crippen LogP contribution in [0.4, 0.5) is 4.39 Å². The molecule has 0 saturated carbocycles. The van der Waals surface area contributed by atoms with E-state index in [0.717, 1.165) is 0 Å². The quantitative estimate of drug-likeness (QED) is 0.493. The van der Waals surface area contributed by atoms with Crippen LogP contribution in [-0.2, 0) is 0 Å². The van der Waals surface area contributed by atoms with Crippen molar-refractivity contribution in [2.45, 2.75) is 12.8 Å². The molecule has 1 rings (SSSR count).